The van der Waals surface area contributed by atoms with E-state index in [9.17, 15) is 13.2 Å². The molecule has 0 heterocycles. The number of ether oxygens (including phenoxy) is 2. The molecule has 0 amide bonds. The van der Waals surface area contributed by atoms with Gasteiger partial charge in [0.25, 0.3) is 0 Å². The van der Waals surface area contributed by atoms with Crippen LogP contribution in [0.1, 0.15) is 55.2 Å². The first kappa shape index (κ1) is 20.7. The third-order valence-corrected chi connectivity index (χ3v) is 5.27. The van der Waals surface area contributed by atoms with Gasteiger partial charge >= 0.3 is 0 Å². The van der Waals surface area contributed by atoms with Gasteiger partial charge in [0, 0.05) is 5.56 Å². The van der Waals surface area contributed by atoms with Crippen LogP contribution in [0.4, 0.5) is 13.2 Å². The normalized spacial score (nSPS) is 19.6. The van der Waals surface area contributed by atoms with Crippen LogP contribution in [0.25, 0.3) is 0 Å². The van der Waals surface area contributed by atoms with Gasteiger partial charge in [-0.2, -0.15) is 4.39 Å². The third-order valence-electron chi connectivity index (χ3n) is 5.27. The summed E-state index contributed by atoms with van der Waals surface area (Å²) >= 11 is 0. The monoisotopic (exact) mass is 394 g/mol. The van der Waals surface area contributed by atoms with E-state index in [1.54, 1.807) is 25.1 Å². The van der Waals surface area contributed by atoms with Crippen molar-refractivity contribution in [2.75, 3.05) is 6.61 Å². The zero-order valence-corrected chi connectivity index (χ0v) is 15.9. The second-order valence-electron chi connectivity index (χ2n) is 7.08. The molecule has 0 radical (unpaired) electrons. The zero-order chi connectivity index (χ0) is 20.1. The lowest BCUT2D eigenvalue weighted by atomic mass is 9.82. The van der Waals surface area contributed by atoms with E-state index in [1.807, 2.05) is 0 Å². The Balaban J connectivity index is 1.55. The molecule has 152 valence electrons. The largest absolute Gasteiger partial charge is 0.491 e. The van der Waals surface area contributed by atoms with E-state index in [0.717, 1.165) is 0 Å². The summed E-state index contributed by atoms with van der Waals surface area (Å²) in [6.07, 6.45) is 2.73. The lowest BCUT2D eigenvalue weighted by molar-refractivity contribution is 0.0118. The Morgan fingerprint density at radius 3 is 2.39 bits per heavy atom. The number of aliphatic hydroxyl groups is 1. The van der Waals surface area contributed by atoms with Crippen LogP contribution in [-0.2, 0) is 18.0 Å². The molecule has 1 fully saturated rings. The standard InChI is InChI=1S/C22H25F3O3/c1-2-27-20-10-9-18(21(24)22(20)25)15-5-7-17(8-6-15)28-13-16-4-3-14(12-26)11-19(16)23/h3-4,9-11,15,17,26H,2,5-8,12-13H2,1H3. The van der Waals surface area contributed by atoms with Crippen LogP contribution in [0.3, 0.4) is 0 Å². The van der Waals surface area contributed by atoms with Gasteiger partial charge in [0.15, 0.2) is 11.6 Å². The average molecular weight is 394 g/mol. The van der Waals surface area contributed by atoms with Crippen molar-refractivity contribution >= 4 is 0 Å². The van der Waals surface area contributed by atoms with Crippen LogP contribution in [0.5, 0.6) is 5.75 Å². The molecule has 1 saturated carbocycles. The van der Waals surface area contributed by atoms with Crippen molar-refractivity contribution in [3.05, 3.63) is 64.5 Å². The van der Waals surface area contributed by atoms with Crippen molar-refractivity contribution in [1.29, 1.82) is 0 Å². The maximum Gasteiger partial charge on any atom is 0.200 e. The van der Waals surface area contributed by atoms with Gasteiger partial charge in [0.1, 0.15) is 5.82 Å². The Kier molecular flexibility index (Phi) is 6.97. The first-order valence-electron chi connectivity index (χ1n) is 9.63. The Morgan fingerprint density at radius 2 is 1.75 bits per heavy atom. The molecular formula is C22H25F3O3. The van der Waals surface area contributed by atoms with Gasteiger partial charge in [0.2, 0.25) is 5.82 Å². The van der Waals surface area contributed by atoms with E-state index in [2.05, 4.69) is 0 Å². The minimum atomic E-state index is -0.931. The molecule has 1 aliphatic rings. The van der Waals surface area contributed by atoms with Crippen LogP contribution in [0.2, 0.25) is 0 Å². The van der Waals surface area contributed by atoms with Crippen molar-refractivity contribution in [3.63, 3.8) is 0 Å². The molecule has 1 aliphatic carbocycles. The maximum absolute atomic E-state index is 14.4. The van der Waals surface area contributed by atoms with Gasteiger partial charge in [-0.05, 0) is 61.8 Å². The lowest BCUT2D eigenvalue weighted by Gasteiger charge is -2.29. The molecule has 3 rings (SSSR count). The fourth-order valence-corrected chi connectivity index (χ4v) is 3.68. The Hall–Kier alpha value is -2.05. The molecular weight excluding hydrogens is 369 g/mol. The lowest BCUT2D eigenvalue weighted by Crippen LogP contribution is -2.21. The maximum atomic E-state index is 14.4. The minimum absolute atomic E-state index is 0.0382. The molecule has 0 aromatic heterocycles. The molecule has 28 heavy (non-hydrogen) atoms. The summed E-state index contributed by atoms with van der Waals surface area (Å²) in [5.41, 5.74) is 1.34. The molecule has 0 bridgehead atoms. The summed E-state index contributed by atoms with van der Waals surface area (Å²) in [6, 6.07) is 7.68. The zero-order valence-electron chi connectivity index (χ0n) is 15.9. The quantitative estimate of drug-likeness (QED) is 0.698. The summed E-state index contributed by atoms with van der Waals surface area (Å²) in [7, 11) is 0. The highest BCUT2D eigenvalue weighted by molar-refractivity contribution is 5.33. The third kappa shape index (κ3) is 4.67. The molecule has 1 N–H and O–H groups in total. The number of hydrogen-bond acceptors (Lipinski definition) is 3. The summed E-state index contributed by atoms with van der Waals surface area (Å²) in [6.45, 7) is 1.95. The van der Waals surface area contributed by atoms with E-state index in [1.165, 1.54) is 12.1 Å². The van der Waals surface area contributed by atoms with Crippen LogP contribution in [0, 0.1) is 17.5 Å². The Bertz CT molecular complexity index is 802. The van der Waals surface area contributed by atoms with Gasteiger partial charge in [0.05, 0.1) is 25.9 Å². The number of aliphatic hydroxyl groups excluding tert-OH is 1. The van der Waals surface area contributed by atoms with Crippen molar-refractivity contribution in [3.8, 4) is 5.75 Å². The van der Waals surface area contributed by atoms with E-state index < -0.39 is 17.5 Å². The predicted octanol–water partition coefficient (Wildman–Crippen LogP) is 5.24. The molecule has 3 nitrogen and oxygen atoms in total. The first-order valence-corrected chi connectivity index (χ1v) is 9.63. The van der Waals surface area contributed by atoms with Crippen LogP contribution < -0.4 is 4.74 Å². The van der Waals surface area contributed by atoms with E-state index in [0.29, 0.717) is 42.4 Å². The predicted molar refractivity (Wildman–Crippen MR) is 99.6 cm³/mol. The highest BCUT2D eigenvalue weighted by Gasteiger charge is 2.27. The SMILES string of the molecule is CCOc1ccc(C2CCC(OCc3ccc(CO)cc3F)CC2)c(F)c1F. The number of halogens is 3. The molecule has 0 unspecified atom stereocenters. The summed E-state index contributed by atoms with van der Waals surface area (Å²) in [4.78, 5) is 0. The van der Waals surface area contributed by atoms with E-state index in [4.69, 9.17) is 14.6 Å². The van der Waals surface area contributed by atoms with Crippen LogP contribution in [-0.4, -0.2) is 17.8 Å². The highest BCUT2D eigenvalue weighted by atomic mass is 19.2. The Labute approximate surface area is 163 Å². The fourth-order valence-electron chi connectivity index (χ4n) is 3.68. The van der Waals surface area contributed by atoms with Crippen molar-refractivity contribution in [1.82, 2.24) is 0 Å². The summed E-state index contributed by atoms with van der Waals surface area (Å²) < 4.78 is 53.4. The smallest absolute Gasteiger partial charge is 0.200 e. The minimum Gasteiger partial charge on any atom is -0.491 e. The van der Waals surface area contributed by atoms with Crippen molar-refractivity contribution in [2.24, 2.45) is 0 Å². The average Bonchev–Trinajstić information content (AvgIpc) is 2.71. The van der Waals surface area contributed by atoms with Gasteiger partial charge < -0.3 is 14.6 Å². The molecule has 0 atom stereocenters. The second kappa shape index (κ2) is 9.43. The molecule has 0 saturated heterocycles. The van der Waals surface area contributed by atoms with E-state index >= 15 is 0 Å². The fraction of sp³-hybridized carbons (Fsp3) is 0.455. The van der Waals surface area contributed by atoms with Gasteiger partial charge in [-0.15, -0.1) is 0 Å². The molecule has 0 aliphatic heterocycles. The Morgan fingerprint density at radius 1 is 1.00 bits per heavy atom. The van der Waals surface area contributed by atoms with Gasteiger partial charge in [-0.3, -0.25) is 0 Å². The molecule has 2 aromatic rings. The van der Waals surface area contributed by atoms with Gasteiger partial charge in [-0.25, -0.2) is 8.78 Å². The second-order valence-corrected chi connectivity index (χ2v) is 7.08. The molecule has 6 heteroatoms. The van der Waals surface area contributed by atoms with Crippen molar-refractivity contribution in [2.45, 2.75) is 57.8 Å². The topological polar surface area (TPSA) is 38.7 Å². The number of benzene rings is 2. The van der Waals surface area contributed by atoms with E-state index in [-0.39, 0.29) is 37.6 Å². The summed E-state index contributed by atoms with van der Waals surface area (Å²) in [5, 5.41) is 9.03. The molecule has 0 spiro atoms. The highest BCUT2D eigenvalue weighted by Crippen LogP contribution is 2.37. The van der Waals surface area contributed by atoms with Crippen LogP contribution >= 0.6 is 0 Å². The van der Waals surface area contributed by atoms with Gasteiger partial charge in [-0.1, -0.05) is 18.2 Å². The summed E-state index contributed by atoms with van der Waals surface area (Å²) in [5.74, 6) is -2.28. The number of rotatable bonds is 7. The molecule has 2 aromatic carbocycles. The van der Waals surface area contributed by atoms with Crippen LogP contribution in [0.15, 0.2) is 30.3 Å². The van der Waals surface area contributed by atoms with Crippen molar-refractivity contribution < 1.29 is 27.8 Å². The number of hydrogen-bond donors (Lipinski definition) is 1. The first-order chi connectivity index (χ1) is 13.5.